The average Bonchev–Trinajstić information content (AvgIpc) is 3.05. The lowest BCUT2D eigenvalue weighted by Crippen LogP contribution is -2.49. The molecule has 1 aliphatic rings. The molecule has 236 valence electrons. The van der Waals surface area contributed by atoms with E-state index >= 15 is 0 Å². The number of aromatic nitrogens is 2. The first kappa shape index (κ1) is 32.0. The summed E-state index contributed by atoms with van der Waals surface area (Å²) in [4.78, 5) is 23.8. The molecule has 13 nitrogen and oxygen atoms in total. The van der Waals surface area contributed by atoms with Crippen LogP contribution in [0.25, 0.3) is 0 Å². The van der Waals surface area contributed by atoms with Gasteiger partial charge in [0.1, 0.15) is 0 Å². The summed E-state index contributed by atoms with van der Waals surface area (Å²) in [5, 5.41) is 3.05. The summed E-state index contributed by atoms with van der Waals surface area (Å²) >= 11 is 5.90. The molecule has 1 amide bonds. The topological polar surface area (TPSA) is 160 Å². The number of hydrogen-bond donors (Lipinski definition) is 2. The van der Waals surface area contributed by atoms with Gasteiger partial charge in [-0.05, 0) is 60.7 Å². The number of anilines is 3. The van der Waals surface area contributed by atoms with Gasteiger partial charge in [-0.3, -0.25) is 9.52 Å². The van der Waals surface area contributed by atoms with E-state index in [4.69, 9.17) is 21.1 Å². The number of rotatable bonds is 10. The number of nitrogens with zero attached hydrogens (tertiary/aromatic N) is 4. The number of piperazine rings is 1. The van der Waals surface area contributed by atoms with Crippen LogP contribution >= 0.6 is 11.6 Å². The molecule has 1 fully saturated rings. The Bertz CT molecular complexity index is 1890. The first-order valence-electron chi connectivity index (χ1n) is 13.5. The molecule has 2 heterocycles. The Morgan fingerprint density at radius 2 is 1.40 bits per heavy atom. The van der Waals surface area contributed by atoms with Gasteiger partial charge in [-0.1, -0.05) is 11.6 Å². The van der Waals surface area contributed by atoms with E-state index in [0.717, 1.165) is 0 Å². The lowest BCUT2D eigenvalue weighted by atomic mass is 10.1. The zero-order chi connectivity index (χ0) is 32.2. The minimum Gasteiger partial charge on any atom is -0.493 e. The molecule has 0 bridgehead atoms. The van der Waals surface area contributed by atoms with E-state index in [1.807, 2.05) is 4.90 Å². The molecule has 0 saturated carbocycles. The van der Waals surface area contributed by atoms with Crippen LogP contribution in [0, 0.1) is 0 Å². The highest BCUT2D eigenvalue weighted by molar-refractivity contribution is 7.92. The highest BCUT2D eigenvalue weighted by Gasteiger charge is 2.29. The van der Waals surface area contributed by atoms with E-state index in [1.165, 1.54) is 79.2 Å². The average molecular weight is 673 g/mol. The predicted octanol–water partition coefficient (Wildman–Crippen LogP) is 3.71. The van der Waals surface area contributed by atoms with Crippen LogP contribution in [0.4, 0.5) is 17.3 Å². The van der Waals surface area contributed by atoms with E-state index in [2.05, 4.69) is 20.0 Å². The van der Waals surface area contributed by atoms with Crippen LogP contribution in [0.2, 0.25) is 5.02 Å². The minimum atomic E-state index is -4.12. The zero-order valence-corrected chi connectivity index (χ0v) is 26.6. The minimum absolute atomic E-state index is 0.0624. The molecule has 1 aromatic heterocycles. The number of sulfonamides is 2. The fourth-order valence-electron chi connectivity index (χ4n) is 4.61. The van der Waals surface area contributed by atoms with Gasteiger partial charge in [-0.2, -0.15) is 4.31 Å². The van der Waals surface area contributed by atoms with Crippen molar-refractivity contribution in [3.63, 3.8) is 0 Å². The molecule has 0 atom stereocenters. The molecule has 0 spiro atoms. The number of amides is 1. The molecule has 1 aliphatic heterocycles. The summed E-state index contributed by atoms with van der Waals surface area (Å²) in [6.07, 6.45) is 3.27. The van der Waals surface area contributed by atoms with Crippen LogP contribution in [0.15, 0.2) is 88.9 Å². The van der Waals surface area contributed by atoms with Gasteiger partial charge in [0, 0.05) is 55.3 Å². The Hall–Kier alpha value is -4.44. The third-order valence-electron chi connectivity index (χ3n) is 6.96. The Labute approximate surface area is 265 Å². The van der Waals surface area contributed by atoms with Crippen molar-refractivity contribution >= 4 is 54.9 Å². The maximum atomic E-state index is 13.4. The lowest BCUT2D eigenvalue weighted by molar-refractivity contribution is 0.102. The van der Waals surface area contributed by atoms with Crippen LogP contribution < -0.4 is 24.4 Å². The molecule has 16 heteroatoms. The molecular weight excluding hydrogens is 644 g/mol. The van der Waals surface area contributed by atoms with Crippen molar-refractivity contribution in [2.75, 3.05) is 55.3 Å². The van der Waals surface area contributed by atoms with E-state index in [-0.39, 0.29) is 51.3 Å². The fourth-order valence-corrected chi connectivity index (χ4v) is 7.23. The molecule has 45 heavy (non-hydrogen) atoms. The molecule has 0 aliphatic carbocycles. The molecule has 5 rings (SSSR count). The number of carbonyl (C=O) groups is 1. The summed E-state index contributed by atoms with van der Waals surface area (Å²) in [7, 11) is -5.16. The second-order valence-corrected chi connectivity index (χ2v) is 13.8. The highest BCUT2D eigenvalue weighted by Crippen LogP contribution is 2.35. The van der Waals surface area contributed by atoms with E-state index < -0.39 is 26.0 Å². The van der Waals surface area contributed by atoms with E-state index in [1.54, 1.807) is 18.5 Å². The normalized spacial score (nSPS) is 14.1. The van der Waals surface area contributed by atoms with Gasteiger partial charge in [0.05, 0.1) is 35.3 Å². The lowest BCUT2D eigenvalue weighted by Gasteiger charge is -2.33. The van der Waals surface area contributed by atoms with Crippen molar-refractivity contribution < 1.29 is 31.1 Å². The first-order valence-corrected chi connectivity index (χ1v) is 16.8. The third-order valence-corrected chi connectivity index (χ3v) is 10.5. The smallest absolute Gasteiger partial charge is 0.261 e. The van der Waals surface area contributed by atoms with Crippen molar-refractivity contribution in [1.29, 1.82) is 0 Å². The van der Waals surface area contributed by atoms with Crippen molar-refractivity contribution in [1.82, 2.24) is 14.3 Å². The Kier molecular flexibility index (Phi) is 9.43. The van der Waals surface area contributed by atoms with Crippen LogP contribution in [-0.2, 0) is 20.0 Å². The van der Waals surface area contributed by atoms with Crippen molar-refractivity contribution in [3.8, 4) is 11.5 Å². The van der Waals surface area contributed by atoms with Crippen LogP contribution in [0.3, 0.4) is 0 Å². The molecule has 2 N–H and O–H groups in total. The van der Waals surface area contributed by atoms with Gasteiger partial charge in [-0.25, -0.2) is 26.8 Å². The second-order valence-electron chi connectivity index (χ2n) is 9.73. The summed E-state index contributed by atoms with van der Waals surface area (Å²) in [6, 6.07) is 15.6. The quantitative estimate of drug-likeness (QED) is 0.254. The van der Waals surface area contributed by atoms with Crippen LogP contribution in [0.1, 0.15) is 10.4 Å². The van der Waals surface area contributed by atoms with Crippen molar-refractivity contribution in [2.24, 2.45) is 0 Å². The van der Waals surface area contributed by atoms with Gasteiger partial charge in [0.2, 0.25) is 16.0 Å². The number of carbonyl (C=O) groups excluding carboxylic acids is 1. The Balaban J connectivity index is 1.33. The number of hydrogen-bond acceptors (Lipinski definition) is 10. The second kappa shape index (κ2) is 13.3. The fraction of sp³-hybridized carbons (Fsp3) is 0.207. The van der Waals surface area contributed by atoms with Gasteiger partial charge in [-0.15, -0.1) is 0 Å². The standard InChI is InChI=1S/C29H29ClN6O7S2/c1-42-26-18-24(25(19-27(26)43-2)34-44(38,39)22-8-4-20(30)5-9-22)28(37)33-21-6-10-23(11-7-21)45(40,41)36-16-14-35(15-17-36)29-31-12-3-13-32-29/h3-13,18-19,34H,14-17H2,1-2H3,(H,33,37). The Morgan fingerprint density at radius 1 is 0.822 bits per heavy atom. The van der Waals surface area contributed by atoms with E-state index in [9.17, 15) is 21.6 Å². The summed E-state index contributed by atoms with van der Waals surface area (Å²) in [5.41, 5.74) is 0.146. The molecular formula is C29H29ClN6O7S2. The highest BCUT2D eigenvalue weighted by atomic mass is 35.5. The largest absolute Gasteiger partial charge is 0.493 e. The zero-order valence-electron chi connectivity index (χ0n) is 24.2. The summed E-state index contributed by atoms with van der Waals surface area (Å²) < 4.78 is 67.3. The summed E-state index contributed by atoms with van der Waals surface area (Å²) in [6.45, 7) is 1.39. The molecule has 0 radical (unpaired) electrons. The number of methoxy groups -OCH3 is 2. The maximum Gasteiger partial charge on any atom is 0.261 e. The van der Waals surface area contributed by atoms with E-state index in [0.29, 0.717) is 24.1 Å². The molecule has 3 aromatic carbocycles. The monoisotopic (exact) mass is 672 g/mol. The maximum absolute atomic E-state index is 13.4. The number of benzene rings is 3. The van der Waals surface area contributed by atoms with Crippen LogP contribution in [0.5, 0.6) is 11.5 Å². The molecule has 0 unspecified atom stereocenters. The SMILES string of the molecule is COc1cc(NS(=O)(=O)c2ccc(Cl)cc2)c(C(=O)Nc2ccc(S(=O)(=O)N3CCN(c4ncccn4)CC3)cc2)cc1OC. The van der Waals surface area contributed by atoms with Gasteiger partial charge >= 0.3 is 0 Å². The van der Waals surface area contributed by atoms with Crippen molar-refractivity contribution in [3.05, 3.63) is 89.7 Å². The number of nitrogens with one attached hydrogen (secondary N) is 2. The summed E-state index contributed by atoms with van der Waals surface area (Å²) in [5.74, 6) is 0.247. The van der Waals surface area contributed by atoms with Crippen molar-refractivity contribution in [2.45, 2.75) is 9.79 Å². The van der Waals surface area contributed by atoms with Gasteiger partial charge in [0.15, 0.2) is 11.5 Å². The molecule has 1 saturated heterocycles. The number of ether oxygens (including phenoxy) is 2. The van der Waals surface area contributed by atoms with Crippen LogP contribution in [-0.4, -0.2) is 77.4 Å². The third kappa shape index (κ3) is 7.12. The van der Waals surface area contributed by atoms with Gasteiger partial charge in [0.25, 0.3) is 15.9 Å². The van der Waals surface area contributed by atoms with Gasteiger partial charge < -0.3 is 19.7 Å². The predicted molar refractivity (Wildman–Crippen MR) is 169 cm³/mol. The first-order chi connectivity index (χ1) is 21.5. The molecule has 4 aromatic rings. The number of halogens is 1. The Morgan fingerprint density at radius 3 is 2.00 bits per heavy atom.